The molecule has 2 nitrogen and oxygen atoms in total. The highest BCUT2D eigenvalue weighted by atomic mass is 16.1. The molecule has 0 unspecified atom stereocenters. The van der Waals surface area contributed by atoms with Crippen molar-refractivity contribution in [3.8, 4) is 0 Å². The van der Waals surface area contributed by atoms with E-state index in [2.05, 4.69) is 12.1 Å². The van der Waals surface area contributed by atoms with Gasteiger partial charge in [-0.25, -0.2) is 0 Å². The fourth-order valence-electron chi connectivity index (χ4n) is 2.53. The van der Waals surface area contributed by atoms with Crippen LogP contribution in [0.3, 0.4) is 0 Å². The zero-order chi connectivity index (χ0) is 14.8. The first-order valence-corrected chi connectivity index (χ1v) is 6.96. The van der Waals surface area contributed by atoms with Crippen LogP contribution >= 0.6 is 0 Å². The molecule has 0 saturated heterocycles. The lowest BCUT2D eigenvalue weighted by molar-refractivity contribution is 0.103. The average Bonchev–Trinajstić information content (AvgIpc) is 2.53. The molecule has 3 rings (SSSR count). The Balaban J connectivity index is 2.20. The van der Waals surface area contributed by atoms with Crippen LogP contribution in [-0.2, 0) is 0 Å². The summed E-state index contributed by atoms with van der Waals surface area (Å²) in [5, 5.41) is 2.23. The molecule has 0 saturated carbocycles. The average molecular weight is 275 g/mol. The third-order valence-corrected chi connectivity index (χ3v) is 3.63. The van der Waals surface area contributed by atoms with Gasteiger partial charge in [-0.2, -0.15) is 0 Å². The molecule has 0 fully saturated rings. The largest absolute Gasteiger partial charge is 0.377 e. The van der Waals surface area contributed by atoms with Gasteiger partial charge >= 0.3 is 0 Å². The molecule has 0 radical (unpaired) electrons. The second kappa shape index (κ2) is 5.41. The van der Waals surface area contributed by atoms with Crippen molar-refractivity contribution in [2.75, 3.05) is 19.0 Å². The quantitative estimate of drug-likeness (QED) is 0.670. The van der Waals surface area contributed by atoms with Gasteiger partial charge in [0.1, 0.15) is 0 Å². The number of hydrogen-bond acceptors (Lipinski definition) is 2. The van der Waals surface area contributed by atoms with Crippen molar-refractivity contribution in [1.29, 1.82) is 0 Å². The number of anilines is 1. The molecule has 104 valence electrons. The van der Waals surface area contributed by atoms with Crippen LogP contribution < -0.4 is 4.90 Å². The van der Waals surface area contributed by atoms with Crippen molar-refractivity contribution >= 4 is 22.2 Å². The lowest BCUT2D eigenvalue weighted by atomic mass is 9.97. The van der Waals surface area contributed by atoms with E-state index >= 15 is 0 Å². The molecule has 0 N–H and O–H groups in total. The van der Waals surface area contributed by atoms with Gasteiger partial charge in [0.2, 0.25) is 0 Å². The number of carbonyl (C=O) groups excluding carboxylic acids is 1. The van der Waals surface area contributed by atoms with E-state index in [0.29, 0.717) is 0 Å². The van der Waals surface area contributed by atoms with Crippen molar-refractivity contribution < 1.29 is 4.79 Å². The summed E-state index contributed by atoms with van der Waals surface area (Å²) in [7, 11) is 3.93. The predicted octanol–water partition coefficient (Wildman–Crippen LogP) is 4.14. The van der Waals surface area contributed by atoms with Crippen LogP contribution in [0.5, 0.6) is 0 Å². The summed E-state index contributed by atoms with van der Waals surface area (Å²) in [6.07, 6.45) is 0. The van der Waals surface area contributed by atoms with E-state index < -0.39 is 0 Å². The van der Waals surface area contributed by atoms with Crippen LogP contribution in [0, 0.1) is 0 Å². The molecule has 0 amide bonds. The number of hydrogen-bond donors (Lipinski definition) is 0. The van der Waals surface area contributed by atoms with Gasteiger partial charge in [0.15, 0.2) is 5.78 Å². The summed E-state index contributed by atoms with van der Waals surface area (Å²) in [5.74, 6) is 0.0602. The Morgan fingerprint density at radius 1 is 0.810 bits per heavy atom. The summed E-state index contributed by atoms with van der Waals surface area (Å²) < 4.78 is 0. The maximum absolute atomic E-state index is 12.8. The number of carbonyl (C=O) groups is 1. The molecular formula is C19H17NO. The lowest BCUT2D eigenvalue weighted by Crippen LogP contribution is -2.14. The fraction of sp³-hybridized carbons (Fsp3) is 0.105. The first-order valence-electron chi connectivity index (χ1n) is 6.96. The van der Waals surface area contributed by atoms with E-state index in [1.165, 1.54) is 0 Å². The third kappa shape index (κ3) is 2.52. The molecule has 0 heterocycles. The smallest absolute Gasteiger partial charge is 0.195 e. The first-order chi connectivity index (χ1) is 10.2. The van der Waals surface area contributed by atoms with Crippen LogP contribution in [0.2, 0.25) is 0 Å². The monoisotopic (exact) mass is 275 g/mol. The molecule has 21 heavy (non-hydrogen) atoms. The van der Waals surface area contributed by atoms with E-state index in [-0.39, 0.29) is 5.78 Å². The summed E-state index contributed by atoms with van der Waals surface area (Å²) in [6.45, 7) is 0. The van der Waals surface area contributed by atoms with Gasteiger partial charge in [-0.1, -0.05) is 54.6 Å². The van der Waals surface area contributed by atoms with Crippen LogP contribution in [-0.4, -0.2) is 19.9 Å². The second-order valence-corrected chi connectivity index (χ2v) is 5.31. The maximum atomic E-state index is 12.8. The number of rotatable bonds is 3. The van der Waals surface area contributed by atoms with Gasteiger partial charge < -0.3 is 4.90 Å². The molecule has 0 bridgehead atoms. The molecule has 0 spiro atoms. The zero-order valence-corrected chi connectivity index (χ0v) is 12.2. The highest BCUT2D eigenvalue weighted by Gasteiger charge is 2.15. The van der Waals surface area contributed by atoms with Gasteiger partial charge in [-0.15, -0.1) is 0 Å². The van der Waals surface area contributed by atoms with E-state index in [9.17, 15) is 4.79 Å². The standard InChI is InChI=1S/C19H17NO/c1-20(2)18-13-16-11-7-6-10-15(16)12-17(18)19(21)14-8-4-3-5-9-14/h3-13H,1-2H3. The normalized spacial score (nSPS) is 10.6. The van der Waals surface area contributed by atoms with Gasteiger partial charge in [-0.3, -0.25) is 4.79 Å². The van der Waals surface area contributed by atoms with Crippen LogP contribution in [0.4, 0.5) is 5.69 Å². The molecule has 0 aromatic heterocycles. The lowest BCUT2D eigenvalue weighted by Gasteiger charge is -2.18. The Kier molecular flexibility index (Phi) is 3.44. The Morgan fingerprint density at radius 3 is 2.00 bits per heavy atom. The van der Waals surface area contributed by atoms with E-state index in [1.54, 1.807) is 0 Å². The molecule has 3 aromatic carbocycles. The summed E-state index contributed by atoms with van der Waals surface area (Å²) >= 11 is 0. The minimum atomic E-state index is 0.0602. The molecule has 0 aliphatic rings. The van der Waals surface area contributed by atoms with Crippen molar-refractivity contribution in [3.05, 3.63) is 77.9 Å². The number of nitrogens with zero attached hydrogens (tertiary/aromatic N) is 1. The maximum Gasteiger partial charge on any atom is 0.195 e. The van der Waals surface area contributed by atoms with Crippen LogP contribution in [0.1, 0.15) is 15.9 Å². The topological polar surface area (TPSA) is 20.3 Å². The Hall–Kier alpha value is -2.61. The van der Waals surface area contributed by atoms with E-state index in [4.69, 9.17) is 0 Å². The van der Waals surface area contributed by atoms with Crippen molar-refractivity contribution in [2.45, 2.75) is 0 Å². The number of fused-ring (bicyclic) bond motifs is 1. The van der Waals surface area contributed by atoms with Gasteiger partial charge in [0.05, 0.1) is 0 Å². The molecule has 3 aromatic rings. The molecule has 0 aliphatic carbocycles. The Morgan fingerprint density at radius 2 is 1.38 bits per heavy atom. The Bertz CT molecular complexity index is 791. The molecule has 2 heteroatoms. The predicted molar refractivity (Wildman–Crippen MR) is 88.1 cm³/mol. The van der Waals surface area contributed by atoms with Crippen molar-refractivity contribution in [2.24, 2.45) is 0 Å². The summed E-state index contributed by atoms with van der Waals surface area (Å²) in [6, 6.07) is 21.6. The number of ketones is 1. The summed E-state index contributed by atoms with van der Waals surface area (Å²) in [4.78, 5) is 14.8. The highest BCUT2D eigenvalue weighted by Crippen LogP contribution is 2.28. The highest BCUT2D eigenvalue weighted by molar-refractivity contribution is 6.14. The zero-order valence-electron chi connectivity index (χ0n) is 12.2. The number of benzene rings is 3. The van der Waals surface area contributed by atoms with Gasteiger partial charge in [0.25, 0.3) is 0 Å². The minimum absolute atomic E-state index is 0.0602. The molecular weight excluding hydrogens is 258 g/mol. The van der Waals surface area contributed by atoms with Crippen LogP contribution in [0.25, 0.3) is 10.8 Å². The molecule has 0 aliphatic heterocycles. The van der Waals surface area contributed by atoms with Gasteiger partial charge in [0, 0.05) is 30.9 Å². The first kappa shape index (κ1) is 13.4. The van der Waals surface area contributed by atoms with E-state index in [1.807, 2.05) is 73.6 Å². The summed E-state index contributed by atoms with van der Waals surface area (Å²) in [5.41, 5.74) is 2.41. The SMILES string of the molecule is CN(C)c1cc2ccccc2cc1C(=O)c1ccccc1. The van der Waals surface area contributed by atoms with Crippen molar-refractivity contribution in [3.63, 3.8) is 0 Å². The van der Waals surface area contributed by atoms with Gasteiger partial charge in [-0.05, 0) is 22.9 Å². The van der Waals surface area contributed by atoms with Crippen molar-refractivity contribution in [1.82, 2.24) is 0 Å². The second-order valence-electron chi connectivity index (χ2n) is 5.31. The van der Waals surface area contributed by atoms with Crippen LogP contribution in [0.15, 0.2) is 66.7 Å². The van der Waals surface area contributed by atoms with E-state index in [0.717, 1.165) is 27.6 Å². The third-order valence-electron chi connectivity index (χ3n) is 3.63. The fourth-order valence-corrected chi connectivity index (χ4v) is 2.53. The molecule has 0 atom stereocenters. The Labute approximate surface area is 124 Å². The minimum Gasteiger partial charge on any atom is -0.377 e.